The van der Waals surface area contributed by atoms with Gasteiger partial charge in [-0.15, -0.1) is 0 Å². The number of aryl methyl sites for hydroxylation is 1. The van der Waals surface area contributed by atoms with Crippen molar-refractivity contribution in [2.45, 2.75) is 52.1 Å². The zero-order valence-electron chi connectivity index (χ0n) is 16.7. The molecular weight excluding hydrogens is 330 g/mol. The summed E-state index contributed by atoms with van der Waals surface area (Å²) >= 11 is 0. The van der Waals surface area contributed by atoms with Crippen LogP contribution >= 0.6 is 0 Å². The molecule has 1 aliphatic heterocycles. The summed E-state index contributed by atoms with van der Waals surface area (Å²) in [5.41, 5.74) is -0.242. The molecule has 0 saturated carbocycles. The van der Waals surface area contributed by atoms with Crippen molar-refractivity contribution in [1.82, 2.24) is 20.9 Å². The Labute approximate surface area is 156 Å². The maximum Gasteiger partial charge on any atom is 0.239 e. The monoisotopic (exact) mass is 363 g/mol. The van der Waals surface area contributed by atoms with Crippen LogP contribution < -0.4 is 16.0 Å². The summed E-state index contributed by atoms with van der Waals surface area (Å²) in [6.45, 7) is 10.9. The SMILES string of the molecule is CN=C(NCC(=O)NC(C)(C)C)NCC(c1ccc(C)o1)N1CCCC1. The molecule has 0 spiro atoms. The van der Waals surface area contributed by atoms with E-state index >= 15 is 0 Å². The molecule has 7 nitrogen and oxygen atoms in total. The number of nitrogens with zero attached hydrogens (tertiary/aromatic N) is 2. The molecule has 2 rings (SSSR count). The van der Waals surface area contributed by atoms with Crippen LogP contribution in [0.25, 0.3) is 0 Å². The van der Waals surface area contributed by atoms with Gasteiger partial charge in [-0.3, -0.25) is 14.7 Å². The molecule has 1 saturated heterocycles. The molecule has 1 amide bonds. The van der Waals surface area contributed by atoms with Crippen molar-refractivity contribution in [2.24, 2.45) is 4.99 Å². The smallest absolute Gasteiger partial charge is 0.239 e. The number of furan rings is 1. The van der Waals surface area contributed by atoms with Gasteiger partial charge in [-0.2, -0.15) is 0 Å². The zero-order valence-corrected chi connectivity index (χ0v) is 16.7. The van der Waals surface area contributed by atoms with Crippen LogP contribution in [0, 0.1) is 6.92 Å². The van der Waals surface area contributed by atoms with Gasteiger partial charge in [0, 0.05) is 19.1 Å². The lowest BCUT2D eigenvalue weighted by Gasteiger charge is -2.27. The lowest BCUT2D eigenvalue weighted by atomic mass is 10.1. The van der Waals surface area contributed by atoms with E-state index < -0.39 is 0 Å². The molecule has 1 unspecified atom stereocenters. The van der Waals surface area contributed by atoms with E-state index in [9.17, 15) is 4.79 Å². The van der Waals surface area contributed by atoms with Gasteiger partial charge < -0.3 is 20.4 Å². The van der Waals surface area contributed by atoms with Crippen molar-refractivity contribution in [2.75, 3.05) is 33.2 Å². The van der Waals surface area contributed by atoms with Gasteiger partial charge in [-0.1, -0.05) is 0 Å². The molecule has 146 valence electrons. The molecule has 1 atom stereocenters. The summed E-state index contributed by atoms with van der Waals surface area (Å²) in [6, 6.07) is 4.21. The van der Waals surface area contributed by atoms with E-state index in [1.807, 2.05) is 39.8 Å². The van der Waals surface area contributed by atoms with Gasteiger partial charge in [-0.05, 0) is 65.8 Å². The number of nitrogens with one attached hydrogen (secondary N) is 3. The normalized spacial score (nSPS) is 17.2. The molecule has 0 aliphatic carbocycles. The third-order valence-corrected chi connectivity index (χ3v) is 4.29. The van der Waals surface area contributed by atoms with Crippen LogP contribution in [0.15, 0.2) is 21.5 Å². The predicted octanol–water partition coefficient (Wildman–Crippen LogP) is 1.80. The highest BCUT2D eigenvalue weighted by molar-refractivity contribution is 5.86. The molecule has 2 heterocycles. The van der Waals surface area contributed by atoms with E-state index in [0.29, 0.717) is 12.5 Å². The van der Waals surface area contributed by atoms with E-state index in [-0.39, 0.29) is 24.0 Å². The average Bonchev–Trinajstić information content (AvgIpc) is 3.21. The topological polar surface area (TPSA) is 81.9 Å². The Bertz CT molecular complexity index is 612. The first-order valence-corrected chi connectivity index (χ1v) is 9.34. The van der Waals surface area contributed by atoms with E-state index in [4.69, 9.17) is 4.42 Å². The number of guanidine groups is 1. The molecule has 1 aliphatic rings. The Morgan fingerprint density at radius 3 is 2.50 bits per heavy atom. The van der Waals surface area contributed by atoms with E-state index in [1.54, 1.807) is 7.05 Å². The van der Waals surface area contributed by atoms with Crippen molar-refractivity contribution in [3.05, 3.63) is 23.7 Å². The first kappa shape index (κ1) is 20.3. The molecule has 0 aromatic carbocycles. The van der Waals surface area contributed by atoms with Gasteiger partial charge >= 0.3 is 0 Å². The van der Waals surface area contributed by atoms with Crippen LogP contribution in [0.4, 0.5) is 0 Å². The minimum absolute atomic E-state index is 0.0572. The maximum atomic E-state index is 12.0. The number of hydrogen-bond donors (Lipinski definition) is 3. The van der Waals surface area contributed by atoms with E-state index in [1.165, 1.54) is 12.8 Å². The lowest BCUT2D eigenvalue weighted by molar-refractivity contribution is -0.121. The molecule has 26 heavy (non-hydrogen) atoms. The predicted molar refractivity (Wildman–Crippen MR) is 104 cm³/mol. The molecule has 7 heteroatoms. The Kier molecular flexibility index (Phi) is 7.08. The highest BCUT2D eigenvalue weighted by Gasteiger charge is 2.26. The van der Waals surface area contributed by atoms with Crippen LogP contribution in [0.3, 0.4) is 0 Å². The highest BCUT2D eigenvalue weighted by atomic mass is 16.3. The quantitative estimate of drug-likeness (QED) is 0.530. The van der Waals surface area contributed by atoms with Gasteiger partial charge in [0.25, 0.3) is 0 Å². The number of hydrogen-bond acceptors (Lipinski definition) is 4. The second-order valence-electron chi connectivity index (χ2n) is 7.81. The Hall–Kier alpha value is -2.02. The molecule has 1 aromatic rings. The maximum absolute atomic E-state index is 12.0. The summed E-state index contributed by atoms with van der Waals surface area (Å²) in [5.74, 6) is 2.45. The summed E-state index contributed by atoms with van der Waals surface area (Å²) in [6.07, 6.45) is 2.44. The van der Waals surface area contributed by atoms with Gasteiger partial charge in [0.2, 0.25) is 5.91 Å². The fraction of sp³-hybridized carbons (Fsp3) is 0.684. The summed E-state index contributed by atoms with van der Waals surface area (Å²) in [7, 11) is 1.71. The van der Waals surface area contributed by atoms with E-state index in [0.717, 1.165) is 24.6 Å². The summed E-state index contributed by atoms with van der Waals surface area (Å²) in [5, 5.41) is 9.33. The Morgan fingerprint density at radius 2 is 1.96 bits per heavy atom. The van der Waals surface area contributed by atoms with Gasteiger partial charge in [0.15, 0.2) is 5.96 Å². The first-order chi connectivity index (χ1) is 12.3. The van der Waals surface area contributed by atoms with Crippen molar-refractivity contribution >= 4 is 11.9 Å². The third kappa shape index (κ3) is 6.37. The average molecular weight is 364 g/mol. The fourth-order valence-corrected chi connectivity index (χ4v) is 3.14. The molecule has 0 bridgehead atoms. The third-order valence-electron chi connectivity index (χ3n) is 4.29. The number of amides is 1. The van der Waals surface area contributed by atoms with Crippen molar-refractivity contribution < 1.29 is 9.21 Å². The van der Waals surface area contributed by atoms with Crippen molar-refractivity contribution in [3.63, 3.8) is 0 Å². The van der Waals surface area contributed by atoms with Gasteiger partial charge in [-0.25, -0.2) is 0 Å². The first-order valence-electron chi connectivity index (χ1n) is 9.34. The summed E-state index contributed by atoms with van der Waals surface area (Å²) < 4.78 is 5.87. The standard InChI is InChI=1S/C19H33N5O2/c1-14-8-9-16(26-14)15(24-10-6-7-11-24)12-21-18(20-5)22-13-17(25)23-19(2,3)4/h8-9,15H,6-7,10-13H2,1-5H3,(H,23,25)(H2,20,21,22). The number of likely N-dealkylation sites (tertiary alicyclic amines) is 1. The largest absolute Gasteiger partial charge is 0.465 e. The number of aliphatic imine (C=N–C) groups is 1. The fourth-order valence-electron chi connectivity index (χ4n) is 3.14. The minimum atomic E-state index is -0.242. The minimum Gasteiger partial charge on any atom is -0.465 e. The van der Waals surface area contributed by atoms with Gasteiger partial charge in [0.1, 0.15) is 11.5 Å². The number of rotatable bonds is 6. The van der Waals surface area contributed by atoms with E-state index in [2.05, 4.69) is 25.8 Å². The Balaban J connectivity index is 1.90. The van der Waals surface area contributed by atoms with Crippen LogP contribution in [-0.4, -0.2) is 55.5 Å². The number of carbonyl (C=O) groups excluding carboxylic acids is 1. The highest BCUT2D eigenvalue weighted by Crippen LogP contribution is 2.26. The van der Waals surface area contributed by atoms with Crippen molar-refractivity contribution in [1.29, 1.82) is 0 Å². The molecule has 0 radical (unpaired) electrons. The van der Waals surface area contributed by atoms with Crippen LogP contribution in [0.1, 0.15) is 51.2 Å². The Morgan fingerprint density at radius 1 is 1.27 bits per heavy atom. The lowest BCUT2D eigenvalue weighted by Crippen LogP contribution is -2.49. The van der Waals surface area contributed by atoms with Crippen LogP contribution in [0.5, 0.6) is 0 Å². The molecule has 3 N–H and O–H groups in total. The number of carbonyl (C=O) groups is 1. The van der Waals surface area contributed by atoms with Gasteiger partial charge in [0.05, 0.1) is 12.6 Å². The molecule has 1 aromatic heterocycles. The van der Waals surface area contributed by atoms with Crippen molar-refractivity contribution in [3.8, 4) is 0 Å². The molecule has 1 fully saturated rings. The van der Waals surface area contributed by atoms with Crippen LogP contribution in [-0.2, 0) is 4.79 Å². The zero-order chi connectivity index (χ0) is 19.2. The van der Waals surface area contributed by atoms with Crippen LogP contribution in [0.2, 0.25) is 0 Å². The second kappa shape index (κ2) is 9.07. The second-order valence-corrected chi connectivity index (χ2v) is 7.81. The summed E-state index contributed by atoms with van der Waals surface area (Å²) in [4.78, 5) is 18.6. The molecular formula is C19H33N5O2.